The molecule has 1 fully saturated rings. The van der Waals surface area contributed by atoms with Gasteiger partial charge in [-0.2, -0.15) is 0 Å². The van der Waals surface area contributed by atoms with Crippen molar-refractivity contribution in [2.24, 2.45) is 4.99 Å². The van der Waals surface area contributed by atoms with Crippen LogP contribution < -0.4 is 10.4 Å². The molecule has 0 atom stereocenters. The number of unbranched alkanes of at least 4 members (excludes halogenated alkanes) is 10. The van der Waals surface area contributed by atoms with E-state index < -0.39 is 11.9 Å². The van der Waals surface area contributed by atoms with Crippen LogP contribution in [0, 0.1) is 0 Å². The lowest BCUT2D eigenvalue weighted by Gasteiger charge is -2.20. The van der Waals surface area contributed by atoms with E-state index in [0.717, 1.165) is 64.2 Å². The Morgan fingerprint density at radius 2 is 1.41 bits per heavy atom. The van der Waals surface area contributed by atoms with Gasteiger partial charge in [-0.3, -0.25) is 10.2 Å². The monoisotopic (exact) mass is 665 g/mol. The predicted octanol–water partition coefficient (Wildman–Crippen LogP) is 9.65. The van der Waals surface area contributed by atoms with Crippen LogP contribution in [0.25, 0.3) is 0 Å². The minimum atomic E-state index is -0.677. The summed E-state index contributed by atoms with van der Waals surface area (Å²) in [5.74, 6) is -1.38. The Balaban J connectivity index is 1.79. The van der Waals surface area contributed by atoms with E-state index >= 15 is 0 Å². The van der Waals surface area contributed by atoms with Crippen LogP contribution in [0.15, 0.2) is 35.3 Å². The number of nitrogens with zero attached hydrogens (tertiary/aromatic N) is 2. The Bertz CT molecular complexity index is 1320. The molecule has 2 aromatic carbocycles. The third kappa shape index (κ3) is 11.0. The highest BCUT2D eigenvalue weighted by atomic mass is 35.5. The SMILES string of the molecule is CCCCCCCCOC(=O)c1cc(C(=O)OCCCCCCCC)c(Cl)c(N2NC(=Nc3ccc(Cl)cc3Cl)CC2=O)c1. The van der Waals surface area contributed by atoms with E-state index in [1.165, 1.54) is 30.0 Å². The van der Waals surface area contributed by atoms with E-state index in [9.17, 15) is 14.4 Å². The number of rotatable bonds is 18. The topological polar surface area (TPSA) is 97.3 Å². The average Bonchev–Trinajstić information content (AvgIpc) is 3.36. The second kappa shape index (κ2) is 18.9. The van der Waals surface area contributed by atoms with E-state index in [0.29, 0.717) is 21.6 Å². The van der Waals surface area contributed by atoms with Crippen molar-refractivity contribution in [2.75, 3.05) is 18.2 Å². The molecule has 1 heterocycles. The molecule has 11 heteroatoms. The van der Waals surface area contributed by atoms with Crippen molar-refractivity contribution in [1.29, 1.82) is 0 Å². The van der Waals surface area contributed by atoms with Gasteiger partial charge in [-0.25, -0.2) is 19.6 Å². The maximum atomic E-state index is 13.1. The van der Waals surface area contributed by atoms with Crippen LogP contribution in [0.1, 0.15) is 118 Å². The number of hydrogen-bond acceptors (Lipinski definition) is 6. The summed E-state index contributed by atoms with van der Waals surface area (Å²) in [7, 11) is 0. The number of ether oxygens (including phenoxy) is 2. The maximum absolute atomic E-state index is 13.1. The molecule has 0 saturated carbocycles. The molecule has 240 valence electrons. The van der Waals surface area contributed by atoms with Gasteiger partial charge in [0.05, 0.1) is 52.2 Å². The third-order valence-corrected chi connectivity index (χ3v) is 8.12. The van der Waals surface area contributed by atoms with E-state index in [1.54, 1.807) is 18.2 Å². The molecule has 8 nitrogen and oxygen atoms in total. The summed E-state index contributed by atoms with van der Waals surface area (Å²) in [6.07, 6.45) is 12.4. The first-order valence-electron chi connectivity index (χ1n) is 15.5. The Morgan fingerprint density at radius 3 is 2.02 bits per heavy atom. The van der Waals surface area contributed by atoms with Crippen LogP contribution in [0.4, 0.5) is 11.4 Å². The number of carbonyl (C=O) groups excluding carboxylic acids is 3. The largest absolute Gasteiger partial charge is 0.462 e. The van der Waals surface area contributed by atoms with Crippen LogP contribution in [0.2, 0.25) is 15.1 Å². The second-order valence-corrected chi connectivity index (χ2v) is 12.1. The number of anilines is 1. The molecule has 0 radical (unpaired) electrons. The number of benzene rings is 2. The van der Waals surface area contributed by atoms with Crippen molar-refractivity contribution >= 4 is 69.9 Å². The number of esters is 2. The number of nitrogens with one attached hydrogen (secondary N) is 1. The zero-order valence-electron chi connectivity index (χ0n) is 25.6. The summed E-state index contributed by atoms with van der Waals surface area (Å²) in [5, 5.41) is 1.91. The number of carbonyl (C=O) groups is 3. The summed E-state index contributed by atoms with van der Waals surface area (Å²) in [6, 6.07) is 7.62. The summed E-state index contributed by atoms with van der Waals surface area (Å²) in [4.78, 5) is 43.8. The quantitative estimate of drug-likeness (QED) is 0.126. The number of halogens is 3. The normalized spacial score (nSPS) is 13.8. The van der Waals surface area contributed by atoms with Gasteiger partial charge < -0.3 is 9.47 Å². The van der Waals surface area contributed by atoms with E-state index in [1.807, 2.05) is 0 Å². The maximum Gasteiger partial charge on any atom is 0.339 e. The van der Waals surface area contributed by atoms with Crippen molar-refractivity contribution < 1.29 is 23.9 Å². The lowest BCUT2D eigenvalue weighted by Crippen LogP contribution is -2.36. The predicted molar refractivity (Wildman–Crippen MR) is 178 cm³/mol. The first kappa shape index (κ1) is 35.7. The Hall–Kier alpha value is -2.81. The molecule has 1 aliphatic heterocycles. The number of amides is 1. The van der Waals surface area contributed by atoms with Gasteiger partial charge in [-0.1, -0.05) is 113 Å². The van der Waals surface area contributed by atoms with Crippen LogP contribution in [0.5, 0.6) is 0 Å². The van der Waals surface area contributed by atoms with Gasteiger partial charge >= 0.3 is 11.9 Å². The molecular formula is C33H42Cl3N3O5. The van der Waals surface area contributed by atoms with Crippen molar-refractivity contribution in [3.63, 3.8) is 0 Å². The fourth-order valence-corrected chi connectivity index (χ4v) is 5.45. The van der Waals surface area contributed by atoms with Gasteiger partial charge in [0.15, 0.2) is 0 Å². The lowest BCUT2D eigenvalue weighted by atomic mass is 10.1. The van der Waals surface area contributed by atoms with Crippen LogP contribution in [0.3, 0.4) is 0 Å². The zero-order valence-corrected chi connectivity index (χ0v) is 27.8. The minimum absolute atomic E-state index is 0.0256. The van der Waals surface area contributed by atoms with E-state index in [-0.39, 0.29) is 47.4 Å². The number of aliphatic imine (C=N–C) groups is 1. The zero-order chi connectivity index (χ0) is 31.9. The van der Waals surface area contributed by atoms with Gasteiger partial charge in [-0.05, 0) is 43.2 Å². The van der Waals surface area contributed by atoms with Crippen molar-refractivity contribution in [3.05, 3.63) is 56.5 Å². The Kier molecular flexibility index (Phi) is 15.3. The minimum Gasteiger partial charge on any atom is -0.462 e. The number of hydrazine groups is 1. The smallest absolute Gasteiger partial charge is 0.339 e. The number of amidine groups is 1. The Morgan fingerprint density at radius 1 is 0.818 bits per heavy atom. The highest BCUT2D eigenvalue weighted by molar-refractivity contribution is 6.38. The summed E-state index contributed by atoms with van der Waals surface area (Å²) in [6.45, 7) is 4.80. The standard InChI is InChI=1S/C33H42Cl3N3O5/c1-3-5-7-9-11-13-17-43-32(41)23-19-25(33(42)44-18-14-12-10-8-6-4-2)31(36)28(20-23)39-30(40)22-29(38-39)37-27-16-15-24(34)21-26(27)35/h15-16,19-21H,3-14,17-18,22H2,1-2H3,(H,37,38). The van der Waals surface area contributed by atoms with Crippen LogP contribution in [-0.4, -0.2) is 36.9 Å². The van der Waals surface area contributed by atoms with Crippen molar-refractivity contribution in [3.8, 4) is 0 Å². The lowest BCUT2D eigenvalue weighted by molar-refractivity contribution is -0.116. The first-order valence-corrected chi connectivity index (χ1v) is 16.7. The van der Waals surface area contributed by atoms with Crippen molar-refractivity contribution in [1.82, 2.24) is 5.43 Å². The highest BCUT2D eigenvalue weighted by Crippen LogP contribution is 2.34. The van der Waals surface area contributed by atoms with Gasteiger partial charge in [0.2, 0.25) is 0 Å². The Labute approximate surface area is 275 Å². The molecule has 0 aliphatic carbocycles. The van der Waals surface area contributed by atoms with Gasteiger partial charge in [0.25, 0.3) is 5.91 Å². The first-order chi connectivity index (χ1) is 21.2. The highest BCUT2D eigenvalue weighted by Gasteiger charge is 2.32. The molecule has 1 saturated heterocycles. The third-order valence-electron chi connectivity index (χ3n) is 7.19. The molecule has 1 amide bonds. The summed E-state index contributed by atoms with van der Waals surface area (Å²) in [5.41, 5.74) is 3.52. The van der Waals surface area contributed by atoms with E-state index in [4.69, 9.17) is 44.3 Å². The van der Waals surface area contributed by atoms with Crippen LogP contribution >= 0.6 is 34.8 Å². The molecule has 0 aromatic heterocycles. The molecule has 44 heavy (non-hydrogen) atoms. The van der Waals surface area contributed by atoms with Crippen LogP contribution in [-0.2, 0) is 14.3 Å². The van der Waals surface area contributed by atoms with Gasteiger partial charge in [0.1, 0.15) is 5.84 Å². The summed E-state index contributed by atoms with van der Waals surface area (Å²) < 4.78 is 11.0. The average molecular weight is 667 g/mol. The van der Waals surface area contributed by atoms with Crippen molar-refractivity contribution in [2.45, 2.75) is 97.3 Å². The molecular weight excluding hydrogens is 625 g/mol. The second-order valence-electron chi connectivity index (χ2n) is 10.8. The molecule has 1 N–H and O–H groups in total. The fourth-order valence-electron chi connectivity index (χ4n) is 4.72. The van der Waals surface area contributed by atoms with E-state index in [2.05, 4.69) is 24.3 Å². The fraction of sp³-hybridized carbons (Fsp3) is 0.515. The molecule has 2 aromatic rings. The molecule has 3 rings (SSSR count). The molecule has 0 bridgehead atoms. The van der Waals surface area contributed by atoms with Gasteiger partial charge in [-0.15, -0.1) is 0 Å². The molecule has 0 unspecified atom stereocenters. The summed E-state index contributed by atoms with van der Waals surface area (Å²) >= 11 is 18.9. The number of hydrogen-bond donors (Lipinski definition) is 1. The molecule has 0 spiro atoms. The molecule has 1 aliphatic rings. The van der Waals surface area contributed by atoms with Gasteiger partial charge in [0, 0.05) is 5.02 Å².